The zero-order valence-corrected chi connectivity index (χ0v) is 14.5. The SMILES string of the molecule is CC(CN(C)C(=O)Nc1cc(-c2ccc(Cl)s2)nn1C)C(=O)O. The number of carboxylic acids is 1. The molecule has 2 heterocycles. The highest BCUT2D eigenvalue weighted by molar-refractivity contribution is 7.19. The van der Waals surface area contributed by atoms with Crippen molar-refractivity contribution in [3.05, 3.63) is 22.5 Å². The highest BCUT2D eigenvalue weighted by Crippen LogP contribution is 2.31. The Hall–Kier alpha value is -2.06. The van der Waals surface area contributed by atoms with Crippen LogP contribution >= 0.6 is 22.9 Å². The average molecular weight is 357 g/mol. The summed E-state index contributed by atoms with van der Waals surface area (Å²) in [5, 5.41) is 16.0. The number of anilines is 1. The van der Waals surface area contributed by atoms with Crippen LogP contribution in [0.15, 0.2) is 18.2 Å². The third kappa shape index (κ3) is 4.23. The van der Waals surface area contributed by atoms with E-state index in [0.717, 1.165) is 4.88 Å². The smallest absolute Gasteiger partial charge is 0.322 e. The Morgan fingerprint density at radius 2 is 2.22 bits per heavy atom. The number of carbonyl (C=O) groups excluding carboxylic acids is 1. The fourth-order valence-electron chi connectivity index (χ4n) is 1.93. The summed E-state index contributed by atoms with van der Waals surface area (Å²) in [6, 6.07) is 5.00. The van der Waals surface area contributed by atoms with E-state index in [-0.39, 0.29) is 6.54 Å². The van der Waals surface area contributed by atoms with Crippen LogP contribution in [0.4, 0.5) is 10.6 Å². The third-order valence-corrected chi connectivity index (χ3v) is 4.51. The number of nitrogens with one attached hydrogen (secondary N) is 1. The van der Waals surface area contributed by atoms with E-state index in [1.165, 1.54) is 16.2 Å². The first-order valence-corrected chi connectivity index (χ1v) is 8.02. The van der Waals surface area contributed by atoms with Gasteiger partial charge in [0.25, 0.3) is 0 Å². The first-order valence-electron chi connectivity index (χ1n) is 6.82. The number of urea groups is 1. The molecule has 124 valence electrons. The van der Waals surface area contributed by atoms with Crippen LogP contribution in [0.5, 0.6) is 0 Å². The number of halogens is 1. The van der Waals surface area contributed by atoms with E-state index in [2.05, 4.69) is 10.4 Å². The van der Waals surface area contributed by atoms with E-state index < -0.39 is 17.9 Å². The number of nitrogens with zero attached hydrogens (tertiary/aromatic N) is 3. The van der Waals surface area contributed by atoms with Crippen LogP contribution in [0, 0.1) is 5.92 Å². The highest BCUT2D eigenvalue weighted by atomic mass is 35.5. The molecule has 0 saturated carbocycles. The lowest BCUT2D eigenvalue weighted by atomic mass is 10.2. The molecule has 0 aliphatic rings. The molecule has 0 radical (unpaired) electrons. The zero-order chi connectivity index (χ0) is 17.1. The van der Waals surface area contributed by atoms with Crippen LogP contribution in [0.1, 0.15) is 6.92 Å². The van der Waals surface area contributed by atoms with Gasteiger partial charge in [0.05, 0.1) is 15.1 Å². The predicted molar refractivity (Wildman–Crippen MR) is 90.0 cm³/mol. The molecule has 0 aliphatic heterocycles. The van der Waals surface area contributed by atoms with E-state index >= 15 is 0 Å². The van der Waals surface area contributed by atoms with Gasteiger partial charge in [0.2, 0.25) is 0 Å². The number of aryl methyl sites for hydroxylation is 1. The van der Waals surface area contributed by atoms with E-state index in [9.17, 15) is 9.59 Å². The number of amides is 2. The van der Waals surface area contributed by atoms with Gasteiger partial charge < -0.3 is 10.0 Å². The van der Waals surface area contributed by atoms with Crippen LogP contribution in [0.3, 0.4) is 0 Å². The number of carboxylic acid groups (broad SMARTS) is 1. The molecule has 9 heteroatoms. The van der Waals surface area contributed by atoms with Crippen LogP contribution < -0.4 is 5.32 Å². The molecule has 2 amide bonds. The van der Waals surface area contributed by atoms with Gasteiger partial charge in [0.1, 0.15) is 11.5 Å². The summed E-state index contributed by atoms with van der Waals surface area (Å²) < 4.78 is 2.22. The predicted octanol–water partition coefficient (Wildman–Crippen LogP) is 2.99. The van der Waals surface area contributed by atoms with Gasteiger partial charge in [-0.05, 0) is 12.1 Å². The summed E-state index contributed by atoms with van der Waals surface area (Å²) in [6.45, 7) is 1.67. The molecule has 0 bridgehead atoms. The molecule has 0 fully saturated rings. The zero-order valence-electron chi connectivity index (χ0n) is 12.9. The van der Waals surface area contributed by atoms with Crippen molar-refractivity contribution in [2.24, 2.45) is 13.0 Å². The minimum atomic E-state index is -0.943. The lowest BCUT2D eigenvalue weighted by Crippen LogP contribution is -2.37. The van der Waals surface area contributed by atoms with Crippen LogP contribution in [0.25, 0.3) is 10.6 Å². The van der Waals surface area contributed by atoms with Crippen LogP contribution in [-0.4, -0.2) is 45.4 Å². The molecule has 2 N–H and O–H groups in total. The second kappa shape index (κ2) is 7.01. The maximum absolute atomic E-state index is 12.1. The maximum atomic E-state index is 12.1. The molecule has 0 aliphatic carbocycles. The first-order chi connectivity index (χ1) is 10.8. The molecule has 23 heavy (non-hydrogen) atoms. The average Bonchev–Trinajstić information content (AvgIpc) is 3.05. The number of rotatable bonds is 5. The van der Waals surface area contributed by atoms with Crippen LogP contribution in [0.2, 0.25) is 4.34 Å². The molecule has 2 rings (SSSR count). The highest BCUT2D eigenvalue weighted by Gasteiger charge is 2.19. The van der Waals surface area contributed by atoms with E-state index in [0.29, 0.717) is 15.8 Å². The molecule has 0 saturated heterocycles. The molecule has 7 nitrogen and oxygen atoms in total. The number of hydrogen-bond acceptors (Lipinski definition) is 4. The molecular formula is C14H17ClN4O3S. The normalized spacial score (nSPS) is 12.0. The largest absolute Gasteiger partial charge is 0.481 e. The summed E-state index contributed by atoms with van der Waals surface area (Å²) in [7, 11) is 3.26. The second-order valence-electron chi connectivity index (χ2n) is 5.19. The fourth-order valence-corrected chi connectivity index (χ4v) is 2.93. The van der Waals surface area contributed by atoms with Crippen molar-refractivity contribution in [2.45, 2.75) is 6.92 Å². The molecule has 2 aromatic heterocycles. The summed E-state index contributed by atoms with van der Waals surface area (Å²) >= 11 is 7.32. The number of hydrogen-bond donors (Lipinski definition) is 2. The summed E-state index contributed by atoms with van der Waals surface area (Å²) in [5.74, 6) is -1.06. The Balaban J connectivity index is 2.06. The van der Waals surface area contributed by atoms with E-state index in [1.807, 2.05) is 6.07 Å². The molecular weight excluding hydrogens is 340 g/mol. The quantitative estimate of drug-likeness (QED) is 0.862. The fraction of sp³-hybridized carbons (Fsp3) is 0.357. The van der Waals surface area contributed by atoms with Crippen molar-refractivity contribution >= 4 is 40.8 Å². The minimum Gasteiger partial charge on any atom is -0.481 e. The van der Waals surface area contributed by atoms with Gasteiger partial charge in [0, 0.05) is 26.7 Å². The van der Waals surface area contributed by atoms with Crippen molar-refractivity contribution in [3.63, 3.8) is 0 Å². The van der Waals surface area contributed by atoms with Gasteiger partial charge in [-0.1, -0.05) is 18.5 Å². The first kappa shape index (κ1) is 17.3. The topological polar surface area (TPSA) is 87.5 Å². The van der Waals surface area contributed by atoms with Gasteiger partial charge >= 0.3 is 12.0 Å². The Morgan fingerprint density at radius 1 is 1.52 bits per heavy atom. The number of aliphatic carboxylic acids is 1. The van der Waals surface area contributed by atoms with Gasteiger partial charge in [-0.25, -0.2) is 4.79 Å². The van der Waals surface area contributed by atoms with Crippen molar-refractivity contribution in [1.82, 2.24) is 14.7 Å². The summed E-state index contributed by atoms with van der Waals surface area (Å²) in [5.41, 5.74) is 0.709. The van der Waals surface area contributed by atoms with Gasteiger partial charge in [-0.3, -0.25) is 14.8 Å². The Morgan fingerprint density at radius 3 is 2.78 bits per heavy atom. The Labute approximate surface area is 142 Å². The third-order valence-electron chi connectivity index (χ3n) is 3.26. The van der Waals surface area contributed by atoms with Gasteiger partial charge in [-0.2, -0.15) is 5.10 Å². The Kier molecular flexibility index (Phi) is 5.27. The lowest BCUT2D eigenvalue weighted by Gasteiger charge is -2.19. The van der Waals surface area contributed by atoms with Crippen molar-refractivity contribution in [1.29, 1.82) is 0 Å². The number of carbonyl (C=O) groups is 2. The van der Waals surface area contributed by atoms with Gasteiger partial charge in [0.15, 0.2) is 0 Å². The Bertz CT molecular complexity index is 727. The molecule has 1 unspecified atom stereocenters. The molecule has 1 atom stereocenters. The standard InChI is InChI=1S/C14H17ClN4O3S/c1-8(13(20)21)7-18(2)14(22)16-12-6-9(17-19(12)3)10-4-5-11(15)23-10/h4-6,8H,7H2,1-3H3,(H,16,22)(H,20,21). The summed E-state index contributed by atoms with van der Waals surface area (Å²) in [6.07, 6.45) is 0. The summed E-state index contributed by atoms with van der Waals surface area (Å²) in [4.78, 5) is 25.2. The second-order valence-corrected chi connectivity index (χ2v) is 6.91. The van der Waals surface area contributed by atoms with Crippen molar-refractivity contribution < 1.29 is 14.7 Å². The number of thiophene rings is 1. The van der Waals surface area contributed by atoms with Gasteiger partial charge in [-0.15, -0.1) is 11.3 Å². The molecule has 2 aromatic rings. The van der Waals surface area contributed by atoms with Crippen molar-refractivity contribution in [3.8, 4) is 10.6 Å². The molecule has 0 aromatic carbocycles. The number of aromatic nitrogens is 2. The maximum Gasteiger partial charge on any atom is 0.322 e. The minimum absolute atomic E-state index is 0.117. The van der Waals surface area contributed by atoms with E-state index in [1.54, 1.807) is 37.8 Å². The molecule has 0 spiro atoms. The van der Waals surface area contributed by atoms with Crippen LogP contribution in [-0.2, 0) is 11.8 Å². The van der Waals surface area contributed by atoms with E-state index in [4.69, 9.17) is 16.7 Å². The lowest BCUT2D eigenvalue weighted by molar-refractivity contribution is -0.141. The van der Waals surface area contributed by atoms with Crippen molar-refractivity contribution in [2.75, 3.05) is 18.9 Å². The monoisotopic (exact) mass is 356 g/mol.